The molecule has 1 unspecified atom stereocenters. The van der Waals surface area contributed by atoms with E-state index in [1.165, 1.54) is 0 Å². The molecular weight excluding hydrogens is 476 g/mol. The Kier molecular flexibility index (Phi) is 7.62. The highest BCUT2D eigenvalue weighted by Crippen LogP contribution is 2.48. The van der Waals surface area contributed by atoms with Gasteiger partial charge in [-0.3, -0.25) is 19.8 Å². The van der Waals surface area contributed by atoms with Crippen LogP contribution in [-0.2, 0) is 10.2 Å². The number of fused-ring (bicyclic) bond motifs is 1. The molecule has 1 saturated heterocycles. The lowest BCUT2D eigenvalue weighted by Gasteiger charge is -2.38. The van der Waals surface area contributed by atoms with Crippen LogP contribution in [0.15, 0.2) is 78.9 Å². The van der Waals surface area contributed by atoms with E-state index >= 15 is 0 Å². The number of hydrogen-bond donors (Lipinski definition) is 0. The van der Waals surface area contributed by atoms with Crippen LogP contribution in [0.1, 0.15) is 24.5 Å². The van der Waals surface area contributed by atoms with Crippen LogP contribution in [0.2, 0.25) is 0 Å². The molecule has 0 saturated carbocycles. The van der Waals surface area contributed by atoms with Gasteiger partial charge in [0.05, 0.1) is 4.92 Å². The predicted octanol–water partition coefficient (Wildman–Crippen LogP) is 4.88. The Morgan fingerprint density at radius 2 is 1.47 bits per heavy atom. The Labute approximate surface area is 217 Å². The van der Waals surface area contributed by atoms with E-state index in [2.05, 4.69) is 28.0 Å². The fraction of sp³-hybridized carbons (Fsp3) is 0.321. The van der Waals surface area contributed by atoms with Gasteiger partial charge in [-0.2, -0.15) is 0 Å². The van der Waals surface area contributed by atoms with Gasteiger partial charge in [0, 0.05) is 44.5 Å². The highest BCUT2D eigenvalue weighted by Gasteiger charge is 2.51. The summed E-state index contributed by atoms with van der Waals surface area (Å²) in [5, 5.41) is 11.5. The van der Waals surface area contributed by atoms with E-state index in [1.54, 1.807) is 12.1 Å². The summed E-state index contributed by atoms with van der Waals surface area (Å²) in [7, 11) is 0. The lowest BCUT2D eigenvalue weighted by atomic mass is 9.72. The van der Waals surface area contributed by atoms with Crippen LogP contribution in [0, 0.1) is 10.1 Å². The zero-order valence-corrected chi connectivity index (χ0v) is 21.2. The first-order chi connectivity index (χ1) is 17.1. The number of carbonyl (C=O) groups is 1. The summed E-state index contributed by atoms with van der Waals surface area (Å²) in [6.07, 6.45) is 0.689. The normalized spacial score (nSPS) is 19.6. The third-order valence-electron chi connectivity index (χ3n) is 7.44. The zero-order valence-electron chi connectivity index (χ0n) is 20.4. The van der Waals surface area contributed by atoms with Crippen LogP contribution in [0.4, 0.5) is 17.1 Å². The number of halogens is 1. The van der Waals surface area contributed by atoms with E-state index < -0.39 is 5.41 Å². The molecule has 3 aromatic carbocycles. The van der Waals surface area contributed by atoms with Gasteiger partial charge in [0.15, 0.2) is 0 Å². The molecule has 0 aromatic heterocycles. The molecule has 7 nitrogen and oxygen atoms in total. The Morgan fingerprint density at radius 3 is 2.14 bits per heavy atom. The number of anilines is 2. The smallest absolute Gasteiger partial charge is 0.292 e. The Morgan fingerprint density at radius 1 is 0.861 bits per heavy atom. The van der Waals surface area contributed by atoms with Gasteiger partial charge in [-0.15, -0.1) is 12.4 Å². The number of hydrogen-bond acceptors (Lipinski definition) is 5. The lowest BCUT2D eigenvalue weighted by molar-refractivity contribution is -0.384. The number of likely N-dealkylation sites (N-methyl/N-ethyl adjacent to an activating group) is 1. The highest BCUT2D eigenvalue weighted by atomic mass is 35.5. The maximum Gasteiger partial charge on any atom is 0.292 e. The van der Waals surface area contributed by atoms with Crippen molar-refractivity contribution in [3.63, 3.8) is 0 Å². The van der Waals surface area contributed by atoms with E-state index in [-0.39, 0.29) is 28.9 Å². The second-order valence-corrected chi connectivity index (χ2v) is 9.16. The molecule has 188 valence electrons. The highest BCUT2D eigenvalue weighted by molar-refractivity contribution is 6.10. The summed E-state index contributed by atoms with van der Waals surface area (Å²) < 4.78 is 0. The van der Waals surface area contributed by atoms with E-state index in [1.807, 2.05) is 60.4 Å². The van der Waals surface area contributed by atoms with E-state index in [0.717, 1.165) is 49.5 Å². The van der Waals surface area contributed by atoms with Crippen LogP contribution >= 0.6 is 12.4 Å². The van der Waals surface area contributed by atoms with Crippen molar-refractivity contribution in [2.45, 2.75) is 18.8 Å². The van der Waals surface area contributed by atoms with Gasteiger partial charge in [-0.1, -0.05) is 60.7 Å². The van der Waals surface area contributed by atoms with Crippen molar-refractivity contribution in [3.05, 3.63) is 100 Å². The number of piperazine rings is 1. The van der Waals surface area contributed by atoms with Crippen LogP contribution in [-0.4, -0.2) is 55.0 Å². The Bertz CT molecular complexity index is 1230. The van der Waals surface area contributed by atoms with Crippen LogP contribution in [0.25, 0.3) is 0 Å². The Balaban J connectivity index is 0.00000304. The third kappa shape index (κ3) is 4.33. The van der Waals surface area contributed by atoms with Crippen LogP contribution in [0.5, 0.6) is 0 Å². The minimum atomic E-state index is -0.705. The quantitative estimate of drug-likeness (QED) is 0.337. The van der Waals surface area contributed by atoms with E-state index in [0.29, 0.717) is 18.7 Å². The number of nitro groups is 1. The van der Waals surface area contributed by atoms with Crippen molar-refractivity contribution in [3.8, 4) is 0 Å². The fourth-order valence-corrected chi connectivity index (χ4v) is 5.65. The summed E-state index contributed by atoms with van der Waals surface area (Å²) in [5.41, 5.74) is 3.24. The molecular formula is C28H31ClN4O3. The summed E-state index contributed by atoms with van der Waals surface area (Å²) >= 11 is 0. The van der Waals surface area contributed by atoms with Crippen molar-refractivity contribution < 1.29 is 9.72 Å². The molecule has 0 aliphatic carbocycles. The van der Waals surface area contributed by atoms with Crippen LogP contribution in [0.3, 0.4) is 0 Å². The van der Waals surface area contributed by atoms with E-state index in [9.17, 15) is 14.9 Å². The maximum absolute atomic E-state index is 14.0. The minimum absolute atomic E-state index is 0. The van der Waals surface area contributed by atoms with Gasteiger partial charge < -0.3 is 9.80 Å². The molecule has 0 spiro atoms. The van der Waals surface area contributed by atoms with Gasteiger partial charge in [-0.25, -0.2) is 0 Å². The minimum Gasteiger partial charge on any atom is -0.363 e. The van der Waals surface area contributed by atoms with Crippen molar-refractivity contribution in [1.29, 1.82) is 0 Å². The molecule has 2 aliphatic heterocycles. The van der Waals surface area contributed by atoms with Gasteiger partial charge >= 0.3 is 0 Å². The third-order valence-corrected chi connectivity index (χ3v) is 7.44. The SMILES string of the molecule is CCN1C(=O)C(CCN2CCN(c3ccccc3[N+](=O)[O-])CC2)(c2ccccc2)c2ccccc21.Cl. The van der Waals surface area contributed by atoms with Crippen LogP contribution < -0.4 is 9.80 Å². The molecule has 2 heterocycles. The molecule has 1 fully saturated rings. The van der Waals surface area contributed by atoms with Gasteiger partial charge in [0.2, 0.25) is 5.91 Å². The number of benzene rings is 3. The number of amides is 1. The first-order valence-electron chi connectivity index (χ1n) is 12.2. The number of nitro benzene ring substituents is 1. The molecule has 0 radical (unpaired) electrons. The monoisotopic (exact) mass is 506 g/mol. The average Bonchev–Trinajstić information content (AvgIpc) is 3.16. The molecule has 1 amide bonds. The average molecular weight is 507 g/mol. The summed E-state index contributed by atoms with van der Waals surface area (Å²) in [6.45, 7) is 6.46. The van der Waals surface area contributed by atoms with Gasteiger partial charge in [-0.05, 0) is 43.1 Å². The van der Waals surface area contributed by atoms with Crippen molar-refractivity contribution in [2.24, 2.45) is 0 Å². The molecule has 36 heavy (non-hydrogen) atoms. The molecule has 5 rings (SSSR count). The summed E-state index contributed by atoms with van der Waals surface area (Å²) in [5.74, 6) is 0.144. The predicted molar refractivity (Wildman–Crippen MR) is 145 cm³/mol. The van der Waals surface area contributed by atoms with Crippen molar-refractivity contribution in [1.82, 2.24) is 4.90 Å². The lowest BCUT2D eigenvalue weighted by Crippen LogP contribution is -2.49. The summed E-state index contributed by atoms with van der Waals surface area (Å²) in [6, 6.07) is 25.3. The summed E-state index contributed by atoms with van der Waals surface area (Å²) in [4.78, 5) is 31.5. The largest absolute Gasteiger partial charge is 0.363 e. The first kappa shape index (κ1) is 25.7. The maximum atomic E-state index is 14.0. The van der Waals surface area contributed by atoms with Crippen molar-refractivity contribution >= 4 is 35.4 Å². The van der Waals surface area contributed by atoms with Crippen molar-refractivity contribution in [2.75, 3.05) is 49.1 Å². The van der Waals surface area contributed by atoms with Gasteiger partial charge in [0.25, 0.3) is 5.69 Å². The molecule has 0 N–H and O–H groups in total. The molecule has 3 aromatic rings. The first-order valence-corrected chi connectivity index (χ1v) is 12.2. The molecule has 0 bridgehead atoms. The second-order valence-electron chi connectivity index (χ2n) is 9.16. The van der Waals surface area contributed by atoms with Gasteiger partial charge in [0.1, 0.15) is 11.1 Å². The molecule has 1 atom stereocenters. The van der Waals surface area contributed by atoms with E-state index in [4.69, 9.17) is 0 Å². The Hall–Kier alpha value is -3.42. The molecule has 8 heteroatoms. The fourth-order valence-electron chi connectivity index (χ4n) is 5.65. The number of para-hydroxylation sites is 3. The standard InChI is InChI=1S/C28H30N4O3.ClH/c1-2-31-24-13-7-6-12-23(24)28(27(31)33,22-10-4-3-5-11-22)16-17-29-18-20-30(21-19-29)25-14-8-9-15-26(25)32(34)35;/h3-15H,2,16-21H2,1H3;1H. The zero-order chi connectivity index (χ0) is 24.4. The number of carbonyl (C=O) groups excluding carboxylic acids is 1. The number of rotatable bonds is 7. The topological polar surface area (TPSA) is 69.9 Å². The molecule has 2 aliphatic rings. The second kappa shape index (κ2) is 10.7. The number of nitrogens with zero attached hydrogens (tertiary/aromatic N) is 4.